The van der Waals surface area contributed by atoms with Gasteiger partial charge < -0.3 is 10.1 Å². The van der Waals surface area contributed by atoms with E-state index >= 15 is 0 Å². The zero-order valence-corrected chi connectivity index (χ0v) is 13.0. The van der Waals surface area contributed by atoms with Crippen molar-refractivity contribution in [1.29, 1.82) is 0 Å². The number of ether oxygens (including phenoxy) is 1. The van der Waals surface area contributed by atoms with Gasteiger partial charge in [0.15, 0.2) is 0 Å². The van der Waals surface area contributed by atoms with Gasteiger partial charge in [0.2, 0.25) is 11.8 Å². The number of amides is 2. The number of hydrogen-bond acceptors (Lipinski definition) is 4. The summed E-state index contributed by atoms with van der Waals surface area (Å²) in [6.45, 7) is 2.36. The topological polar surface area (TPSA) is 58.6 Å². The highest BCUT2D eigenvalue weighted by Crippen LogP contribution is 2.40. The van der Waals surface area contributed by atoms with Crippen LogP contribution in [0.4, 0.5) is 5.69 Å². The van der Waals surface area contributed by atoms with E-state index in [1.54, 1.807) is 7.11 Å². The zero-order chi connectivity index (χ0) is 15.7. The molecule has 1 aromatic rings. The van der Waals surface area contributed by atoms with Crippen LogP contribution in [-0.4, -0.2) is 30.5 Å². The third kappa shape index (κ3) is 2.56. The minimum Gasteiger partial charge on any atom is -0.495 e. The molecule has 1 aliphatic carbocycles. The number of likely N-dealkylation sites (tertiary alicyclic amines) is 1. The first-order chi connectivity index (χ1) is 10.6. The van der Waals surface area contributed by atoms with E-state index in [0.717, 1.165) is 24.9 Å². The molecule has 5 nitrogen and oxygen atoms in total. The number of methoxy groups -OCH3 is 1. The van der Waals surface area contributed by atoms with Gasteiger partial charge in [0.1, 0.15) is 5.75 Å². The molecule has 2 amide bonds. The fourth-order valence-corrected chi connectivity index (χ4v) is 3.57. The number of rotatable bonds is 4. The summed E-state index contributed by atoms with van der Waals surface area (Å²) in [5, 5.41) is 3.15. The molecular formula is C17H22N2O3. The summed E-state index contributed by atoms with van der Waals surface area (Å²) in [6.07, 6.45) is 2.70. The maximum Gasteiger partial charge on any atom is 0.234 e. The quantitative estimate of drug-likeness (QED) is 0.868. The van der Waals surface area contributed by atoms with Gasteiger partial charge in [0, 0.05) is 0 Å². The van der Waals surface area contributed by atoms with Gasteiger partial charge in [-0.15, -0.1) is 0 Å². The maximum absolute atomic E-state index is 12.5. The van der Waals surface area contributed by atoms with E-state index in [9.17, 15) is 9.59 Å². The number of nitrogens with zero attached hydrogens (tertiary/aromatic N) is 1. The number of fused-ring (bicyclic) bond motifs is 1. The molecule has 1 N–H and O–H groups in total. The molecule has 3 rings (SSSR count). The van der Waals surface area contributed by atoms with Gasteiger partial charge in [-0.3, -0.25) is 14.5 Å². The van der Waals surface area contributed by atoms with Crippen molar-refractivity contribution in [2.24, 2.45) is 17.8 Å². The molecule has 5 heteroatoms. The van der Waals surface area contributed by atoms with Gasteiger partial charge in [-0.05, 0) is 37.3 Å². The first-order valence-electron chi connectivity index (χ1n) is 7.84. The van der Waals surface area contributed by atoms with Crippen LogP contribution in [0.25, 0.3) is 0 Å². The normalized spacial score (nSPS) is 27.7. The van der Waals surface area contributed by atoms with Crippen LogP contribution in [-0.2, 0) is 9.59 Å². The third-order valence-electron chi connectivity index (χ3n) is 4.81. The van der Waals surface area contributed by atoms with Crippen LogP contribution < -0.4 is 10.1 Å². The van der Waals surface area contributed by atoms with E-state index in [1.807, 2.05) is 24.3 Å². The number of hydrogen-bond donors (Lipinski definition) is 1. The highest BCUT2D eigenvalue weighted by molar-refractivity contribution is 6.05. The Kier molecular flexibility index (Phi) is 4.05. The molecule has 3 atom stereocenters. The number of carbonyl (C=O) groups is 2. The Bertz CT molecular complexity index is 587. The number of carbonyl (C=O) groups excluding carboxylic acids is 2. The fourth-order valence-electron chi connectivity index (χ4n) is 3.57. The van der Waals surface area contributed by atoms with Gasteiger partial charge >= 0.3 is 0 Å². The van der Waals surface area contributed by atoms with Crippen molar-refractivity contribution >= 4 is 17.5 Å². The molecule has 0 aromatic heterocycles. The van der Waals surface area contributed by atoms with E-state index < -0.39 is 0 Å². The minimum atomic E-state index is -0.115. The average Bonchev–Trinajstić information content (AvgIpc) is 2.76. The van der Waals surface area contributed by atoms with Gasteiger partial charge in [-0.25, -0.2) is 0 Å². The van der Waals surface area contributed by atoms with Crippen molar-refractivity contribution in [3.8, 4) is 5.75 Å². The lowest BCUT2D eigenvalue weighted by molar-refractivity contribution is -0.139. The van der Waals surface area contributed by atoms with E-state index in [4.69, 9.17) is 4.74 Å². The lowest BCUT2D eigenvalue weighted by Gasteiger charge is -2.25. The van der Waals surface area contributed by atoms with Crippen molar-refractivity contribution < 1.29 is 14.3 Å². The predicted molar refractivity (Wildman–Crippen MR) is 83.3 cm³/mol. The van der Waals surface area contributed by atoms with Crippen LogP contribution in [0.15, 0.2) is 24.3 Å². The minimum absolute atomic E-state index is 0.0238. The number of para-hydroxylation sites is 2. The third-order valence-corrected chi connectivity index (χ3v) is 4.81. The summed E-state index contributed by atoms with van der Waals surface area (Å²) in [5.74, 6) is 0.958. The summed E-state index contributed by atoms with van der Waals surface area (Å²) >= 11 is 0. The number of imide groups is 1. The van der Waals surface area contributed by atoms with E-state index in [-0.39, 0.29) is 30.3 Å². The Morgan fingerprint density at radius 1 is 1.18 bits per heavy atom. The van der Waals surface area contributed by atoms with Crippen LogP contribution in [0.2, 0.25) is 0 Å². The molecule has 2 fully saturated rings. The second kappa shape index (κ2) is 5.99. The van der Waals surface area contributed by atoms with Crippen molar-refractivity contribution in [3.05, 3.63) is 24.3 Å². The Morgan fingerprint density at radius 3 is 2.68 bits per heavy atom. The summed E-state index contributed by atoms with van der Waals surface area (Å²) in [4.78, 5) is 26.3. The Labute approximate surface area is 130 Å². The van der Waals surface area contributed by atoms with Gasteiger partial charge in [0.25, 0.3) is 0 Å². The predicted octanol–water partition coefficient (Wildman–Crippen LogP) is 2.49. The van der Waals surface area contributed by atoms with Crippen LogP contribution in [0.1, 0.15) is 26.2 Å². The van der Waals surface area contributed by atoms with Crippen LogP contribution >= 0.6 is 0 Å². The van der Waals surface area contributed by atoms with Crippen molar-refractivity contribution in [3.63, 3.8) is 0 Å². The van der Waals surface area contributed by atoms with Gasteiger partial charge in [0.05, 0.1) is 31.3 Å². The van der Waals surface area contributed by atoms with Crippen LogP contribution in [0.5, 0.6) is 5.75 Å². The van der Waals surface area contributed by atoms with E-state index in [2.05, 4.69) is 12.2 Å². The highest BCUT2D eigenvalue weighted by Gasteiger charge is 2.49. The number of benzene rings is 1. The van der Waals surface area contributed by atoms with Crippen molar-refractivity contribution in [2.45, 2.75) is 26.2 Å². The zero-order valence-electron chi connectivity index (χ0n) is 13.0. The molecule has 1 saturated carbocycles. The first-order valence-corrected chi connectivity index (χ1v) is 7.84. The van der Waals surface area contributed by atoms with Crippen LogP contribution in [0, 0.1) is 17.8 Å². The molecule has 1 saturated heterocycles. The van der Waals surface area contributed by atoms with E-state index in [1.165, 1.54) is 4.90 Å². The molecule has 0 unspecified atom stereocenters. The lowest BCUT2D eigenvalue weighted by atomic mass is 9.76. The molecule has 118 valence electrons. The largest absolute Gasteiger partial charge is 0.495 e. The monoisotopic (exact) mass is 302 g/mol. The molecular weight excluding hydrogens is 280 g/mol. The molecule has 1 aromatic carbocycles. The molecule has 0 spiro atoms. The molecule has 22 heavy (non-hydrogen) atoms. The SMILES string of the molecule is COc1ccccc1NCN1C(=O)[C@H]2CC[C@@H](C)C[C@H]2C1=O. The van der Waals surface area contributed by atoms with Crippen molar-refractivity contribution in [2.75, 3.05) is 19.1 Å². The van der Waals surface area contributed by atoms with Crippen LogP contribution in [0.3, 0.4) is 0 Å². The smallest absolute Gasteiger partial charge is 0.234 e. The summed E-state index contributed by atoms with van der Waals surface area (Å²) in [7, 11) is 1.60. The van der Waals surface area contributed by atoms with Gasteiger partial charge in [-0.2, -0.15) is 0 Å². The lowest BCUT2D eigenvalue weighted by Crippen LogP contribution is -2.35. The molecule has 1 aliphatic heterocycles. The Hall–Kier alpha value is -2.04. The molecule has 1 heterocycles. The first kappa shape index (κ1) is 14.9. The molecule has 2 aliphatic rings. The summed E-state index contributed by atoms with van der Waals surface area (Å²) < 4.78 is 5.27. The standard InChI is InChI=1S/C17H22N2O3/c1-11-7-8-12-13(9-11)17(21)19(16(12)20)10-18-14-5-3-4-6-15(14)22-2/h3-6,11-13,18H,7-10H2,1-2H3/t11-,12+,13-/m1/s1. The molecule has 0 bridgehead atoms. The van der Waals surface area contributed by atoms with Crippen molar-refractivity contribution in [1.82, 2.24) is 4.90 Å². The Morgan fingerprint density at radius 2 is 1.91 bits per heavy atom. The summed E-state index contributed by atoms with van der Waals surface area (Å²) in [5.41, 5.74) is 0.786. The second-order valence-corrected chi connectivity index (χ2v) is 6.27. The van der Waals surface area contributed by atoms with E-state index in [0.29, 0.717) is 11.7 Å². The second-order valence-electron chi connectivity index (χ2n) is 6.27. The summed E-state index contributed by atoms with van der Waals surface area (Å²) in [6, 6.07) is 7.49. The maximum atomic E-state index is 12.5. The number of anilines is 1. The fraction of sp³-hybridized carbons (Fsp3) is 0.529. The highest BCUT2D eigenvalue weighted by atomic mass is 16.5. The average molecular weight is 302 g/mol. The number of nitrogens with one attached hydrogen (secondary N) is 1. The Balaban J connectivity index is 1.70. The van der Waals surface area contributed by atoms with Gasteiger partial charge in [-0.1, -0.05) is 19.1 Å². The molecule has 0 radical (unpaired) electrons.